The number of likely N-dealkylation sites (tertiary alicyclic amines) is 1. The van der Waals surface area contributed by atoms with Crippen molar-refractivity contribution < 1.29 is 9.59 Å². The smallest absolute Gasteiger partial charge is 0.253 e. The highest BCUT2D eigenvalue weighted by Crippen LogP contribution is 2.22. The summed E-state index contributed by atoms with van der Waals surface area (Å²) in [6.07, 6.45) is 1.87. The molecule has 0 radical (unpaired) electrons. The third kappa shape index (κ3) is 5.91. The predicted octanol–water partition coefficient (Wildman–Crippen LogP) is 3.98. The van der Waals surface area contributed by atoms with Crippen molar-refractivity contribution in [3.05, 3.63) is 65.2 Å². The maximum absolute atomic E-state index is 12.9. The van der Waals surface area contributed by atoms with Gasteiger partial charge in [0, 0.05) is 19.1 Å². The largest absolute Gasteiger partial charge is 0.350 e. The van der Waals surface area contributed by atoms with Gasteiger partial charge in [0.15, 0.2) is 0 Å². The Morgan fingerprint density at radius 1 is 1.10 bits per heavy atom. The molecular formula is C24H31N3O2. The minimum Gasteiger partial charge on any atom is -0.350 e. The number of hydrogen-bond donors (Lipinski definition) is 2. The Labute approximate surface area is 173 Å². The Bertz CT molecular complexity index is 845. The van der Waals surface area contributed by atoms with Crippen LogP contribution in [0.25, 0.3) is 0 Å². The van der Waals surface area contributed by atoms with Crippen LogP contribution in [0, 0.1) is 12.8 Å². The van der Waals surface area contributed by atoms with Gasteiger partial charge in [-0.25, -0.2) is 0 Å². The van der Waals surface area contributed by atoms with Crippen LogP contribution in [0.4, 0.5) is 5.69 Å². The molecule has 0 aromatic heterocycles. The molecule has 5 nitrogen and oxygen atoms in total. The fraction of sp³-hybridized carbons (Fsp3) is 0.417. The number of aryl methyl sites for hydroxylation is 1. The summed E-state index contributed by atoms with van der Waals surface area (Å²) in [6, 6.07) is 15.8. The molecule has 0 aliphatic carbocycles. The van der Waals surface area contributed by atoms with E-state index < -0.39 is 0 Å². The number of piperidine rings is 1. The van der Waals surface area contributed by atoms with Gasteiger partial charge in [0.25, 0.3) is 5.91 Å². The topological polar surface area (TPSA) is 61.4 Å². The Kier molecular flexibility index (Phi) is 7.04. The molecule has 3 rings (SSSR count). The van der Waals surface area contributed by atoms with Gasteiger partial charge in [-0.3, -0.25) is 14.5 Å². The van der Waals surface area contributed by atoms with Crippen LogP contribution in [0.15, 0.2) is 48.5 Å². The van der Waals surface area contributed by atoms with Gasteiger partial charge >= 0.3 is 0 Å². The maximum atomic E-state index is 12.9. The number of nitrogens with one attached hydrogen (secondary N) is 2. The molecule has 2 N–H and O–H groups in total. The zero-order valence-electron chi connectivity index (χ0n) is 17.6. The van der Waals surface area contributed by atoms with Crippen LogP contribution in [-0.4, -0.2) is 35.8 Å². The molecular weight excluding hydrogens is 362 g/mol. The van der Waals surface area contributed by atoms with Gasteiger partial charge in [-0.1, -0.05) is 42.0 Å². The van der Waals surface area contributed by atoms with Crippen LogP contribution in [0.1, 0.15) is 48.2 Å². The van der Waals surface area contributed by atoms with E-state index in [0.717, 1.165) is 32.5 Å². The van der Waals surface area contributed by atoms with Crippen molar-refractivity contribution in [1.82, 2.24) is 10.2 Å². The molecule has 0 bridgehead atoms. The first-order valence-corrected chi connectivity index (χ1v) is 10.4. The zero-order chi connectivity index (χ0) is 20.8. The number of nitrogens with zero attached hydrogens (tertiary/aromatic N) is 1. The molecule has 1 fully saturated rings. The second-order valence-electron chi connectivity index (χ2n) is 8.22. The minimum atomic E-state index is -0.166. The van der Waals surface area contributed by atoms with Crippen molar-refractivity contribution in [1.29, 1.82) is 0 Å². The van der Waals surface area contributed by atoms with Crippen molar-refractivity contribution in [2.24, 2.45) is 5.92 Å². The predicted molar refractivity (Wildman–Crippen MR) is 117 cm³/mol. The van der Waals surface area contributed by atoms with Crippen molar-refractivity contribution in [2.75, 3.05) is 18.4 Å². The Hall–Kier alpha value is -2.66. The standard InChI is InChI=1S/C24H31N3O2/c1-17(2)25-24(29)21-8-4-5-9-22(21)26-23(28)20-7-6-14-27(16-20)15-19-12-10-18(3)11-13-19/h4-5,8-13,17,20H,6-7,14-16H2,1-3H3,(H,25,29)(H,26,28). The number of amides is 2. The highest BCUT2D eigenvalue weighted by atomic mass is 16.2. The second-order valence-corrected chi connectivity index (χ2v) is 8.22. The van der Waals surface area contributed by atoms with Crippen LogP contribution >= 0.6 is 0 Å². The van der Waals surface area contributed by atoms with Gasteiger partial charge in [0.1, 0.15) is 0 Å². The summed E-state index contributed by atoms with van der Waals surface area (Å²) in [7, 11) is 0. The van der Waals surface area contributed by atoms with Gasteiger partial charge in [-0.15, -0.1) is 0 Å². The van der Waals surface area contributed by atoms with E-state index in [1.807, 2.05) is 26.0 Å². The number of carbonyl (C=O) groups excluding carboxylic acids is 2. The summed E-state index contributed by atoms with van der Waals surface area (Å²) in [4.78, 5) is 27.7. The lowest BCUT2D eigenvalue weighted by atomic mass is 9.96. The molecule has 1 aliphatic rings. The average Bonchev–Trinajstić information content (AvgIpc) is 2.70. The number of carbonyl (C=O) groups is 2. The van der Waals surface area contributed by atoms with Crippen LogP contribution in [-0.2, 0) is 11.3 Å². The summed E-state index contributed by atoms with van der Waals surface area (Å²) < 4.78 is 0. The molecule has 154 valence electrons. The first-order chi connectivity index (χ1) is 13.9. The molecule has 0 spiro atoms. The summed E-state index contributed by atoms with van der Waals surface area (Å²) in [5.74, 6) is -0.251. The SMILES string of the molecule is Cc1ccc(CN2CCCC(C(=O)Nc3ccccc3C(=O)NC(C)C)C2)cc1. The van der Waals surface area contributed by atoms with E-state index >= 15 is 0 Å². The fourth-order valence-corrected chi connectivity index (χ4v) is 3.73. The molecule has 1 atom stereocenters. The van der Waals surface area contributed by atoms with E-state index in [1.165, 1.54) is 11.1 Å². The first kappa shape index (κ1) is 21.1. The molecule has 1 saturated heterocycles. The van der Waals surface area contributed by atoms with E-state index in [1.54, 1.807) is 12.1 Å². The van der Waals surface area contributed by atoms with Crippen molar-refractivity contribution in [3.8, 4) is 0 Å². The average molecular weight is 394 g/mol. The lowest BCUT2D eigenvalue weighted by Gasteiger charge is -2.32. The normalized spacial score (nSPS) is 17.2. The van der Waals surface area contributed by atoms with Gasteiger partial charge < -0.3 is 10.6 Å². The third-order valence-corrected chi connectivity index (χ3v) is 5.25. The molecule has 1 heterocycles. The van der Waals surface area contributed by atoms with E-state index in [-0.39, 0.29) is 23.8 Å². The summed E-state index contributed by atoms with van der Waals surface area (Å²) in [5, 5.41) is 5.89. The van der Waals surface area contributed by atoms with Crippen LogP contribution in [0.5, 0.6) is 0 Å². The number of benzene rings is 2. The molecule has 1 aliphatic heterocycles. The molecule has 2 aromatic rings. The van der Waals surface area contributed by atoms with Crippen LogP contribution < -0.4 is 10.6 Å². The number of rotatable bonds is 6. The summed E-state index contributed by atoms with van der Waals surface area (Å²) >= 11 is 0. The van der Waals surface area contributed by atoms with Crippen molar-refractivity contribution in [3.63, 3.8) is 0 Å². The Morgan fingerprint density at radius 3 is 2.55 bits per heavy atom. The Balaban J connectivity index is 1.63. The van der Waals surface area contributed by atoms with Gasteiger partial charge in [0.2, 0.25) is 5.91 Å². The Morgan fingerprint density at radius 2 is 1.83 bits per heavy atom. The monoisotopic (exact) mass is 393 g/mol. The fourth-order valence-electron chi connectivity index (χ4n) is 3.73. The van der Waals surface area contributed by atoms with Crippen molar-refractivity contribution >= 4 is 17.5 Å². The quantitative estimate of drug-likeness (QED) is 0.780. The molecule has 29 heavy (non-hydrogen) atoms. The van der Waals surface area contributed by atoms with Gasteiger partial charge in [0.05, 0.1) is 17.2 Å². The van der Waals surface area contributed by atoms with E-state index in [0.29, 0.717) is 11.3 Å². The third-order valence-electron chi connectivity index (χ3n) is 5.25. The zero-order valence-corrected chi connectivity index (χ0v) is 17.6. The summed E-state index contributed by atoms with van der Waals surface area (Å²) in [5.41, 5.74) is 3.60. The lowest BCUT2D eigenvalue weighted by Crippen LogP contribution is -2.40. The van der Waals surface area contributed by atoms with Gasteiger partial charge in [-0.05, 0) is 57.9 Å². The summed E-state index contributed by atoms with van der Waals surface area (Å²) in [6.45, 7) is 8.53. The van der Waals surface area contributed by atoms with Crippen molar-refractivity contribution in [2.45, 2.75) is 46.2 Å². The van der Waals surface area contributed by atoms with E-state index in [2.05, 4.69) is 46.7 Å². The highest BCUT2D eigenvalue weighted by Gasteiger charge is 2.26. The van der Waals surface area contributed by atoms with E-state index in [9.17, 15) is 9.59 Å². The molecule has 5 heteroatoms. The van der Waals surface area contributed by atoms with Gasteiger partial charge in [-0.2, -0.15) is 0 Å². The molecule has 2 amide bonds. The van der Waals surface area contributed by atoms with E-state index in [4.69, 9.17) is 0 Å². The molecule has 2 aromatic carbocycles. The molecule has 0 saturated carbocycles. The maximum Gasteiger partial charge on any atom is 0.253 e. The second kappa shape index (κ2) is 9.70. The van der Waals surface area contributed by atoms with Crippen LogP contribution in [0.2, 0.25) is 0 Å². The van der Waals surface area contributed by atoms with Crippen LogP contribution in [0.3, 0.4) is 0 Å². The number of anilines is 1. The lowest BCUT2D eigenvalue weighted by molar-refractivity contribution is -0.121. The number of hydrogen-bond acceptors (Lipinski definition) is 3. The minimum absolute atomic E-state index is 0.0107. The molecule has 1 unspecified atom stereocenters. The first-order valence-electron chi connectivity index (χ1n) is 10.4. The number of para-hydroxylation sites is 1. The highest BCUT2D eigenvalue weighted by molar-refractivity contribution is 6.04.